The normalized spacial score (nSPS) is 13.8. The third-order valence-corrected chi connectivity index (χ3v) is 3.42. The number of esters is 1. The fourth-order valence-electron chi connectivity index (χ4n) is 2.30. The van der Waals surface area contributed by atoms with Gasteiger partial charge in [0.25, 0.3) is 11.8 Å². The van der Waals surface area contributed by atoms with Gasteiger partial charge in [0.1, 0.15) is 0 Å². The number of hydroxylamine groups is 2. The summed E-state index contributed by atoms with van der Waals surface area (Å²) >= 11 is 0. The summed E-state index contributed by atoms with van der Waals surface area (Å²) in [5.41, 5.74) is -0.332. The van der Waals surface area contributed by atoms with Crippen molar-refractivity contribution >= 4 is 23.8 Å². The zero-order chi connectivity index (χ0) is 17.2. The highest BCUT2D eigenvalue weighted by molar-refractivity contribution is 6.20. The minimum absolute atomic E-state index is 0.0146. The summed E-state index contributed by atoms with van der Waals surface area (Å²) in [7, 11) is 1.26. The van der Waals surface area contributed by atoms with Gasteiger partial charge >= 0.3 is 11.9 Å². The van der Waals surface area contributed by atoms with E-state index in [2.05, 4.69) is 4.74 Å². The second-order valence-electron chi connectivity index (χ2n) is 6.01. The van der Waals surface area contributed by atoms with Gasteiger partial charge in [-0.25, -0.2) is 4.79 Å². The van der Waals surface area contributed by atoms with Gasteiger partial charge in [0.15, 0.2) is 0 Å². The highest BCUT2D eigenvalue weighted by Crippen LogP contribution is 2.28. The van der Waals surface area contributed by atoms with Crippen LogP contribution in [0.1, 0.15) is 47.4 Å². The number of carbonyl (C=O) groups excluding carboxylic acids is 4. The molecule has 7 nitrogen and oxygen atoms in total. The molecule has 2 amide bonds. The highest BCUT2D eigenvalue weighted by atomic mass is 16.7. The molecule has 0 bridgehead atoms. The molecule has 0 atom stereocenters. The van der Waals surface area contributed by atoms with Gasteiger partial charge in [-0.1, -0.05) is 31.0 Å². The van der Waals surface area contributed by atoms with Crippen molar-refractivity contribution in [3.8, 4) is 0 Å². The molecular weight excluding hydrogens is 302 g/mol. The fourth-order valence-corrected chi connectivity index (χ4v) is 2.30. The van der Waals surface area contributed by atoms with Crippen LogP contribution in [-0.4, -0.2) is 35.9 Å². The standard InChI is InChI=1S/C16H17NO6/c1-16(2,8-12(18)22-3)9-13(19)23-17-14(20)10-6-4-5-7-11(10)15(17)21/h4-7H,8-9H2,1-3H3. The Bertz CT molecular complexity index is 644. The SMILES string of the molecule is COC(=O)CC(C)(C)CC(=O)ON1C(=O)c2ccccc2C1=O. The van der Waals surface area contributed by atoms with Crippen LogP contribution in [0.4, 0.5) is 0 Å². The van der Waals surface area contributed by atoms with E-state index in [4.69, 9.17) is 4.84 Å². The topological polar surface area (TPSA) is 90.0 Å². The van der Waals surface area contributed by atoms with E-state index in [-0.39, 0.29) is 24.0 Å². The molecule has 1 aliphatic rings. The molecule has 0 N–H and O–H groups in total. The van der Waals surface area contributed by atoms with Crippen LogP contribution in [0.2, 0.25) is 0 Å². The van der Waals surface area contributed by atoms with Crippen LogP contribution in [0.25, 0.3) is 0 Å². The monoisotopic (exact) mass is 319 g/mol. The third kappa shape index (κ3) is 3.56. The Morgan fingerprint density at radius 1 is 1.00 bits per heavy atom. The predicted octanol–water partition coefficient (Wildman–Crippen LogP) is 1.72. The van der Waals surface area contributed by atoms with Gasteiger partial charge in [-0.15, -0.1) is 0 Å². The molecule has 0 spiro atoms. The summed E-state index contributed by atoms with van der Waals surface area (Å²) < 4.78 is 4.57. The number of nitrogens with zero attached hydrogens (tertiary/aromatic N) is 1. The zero-order valence-electron chi connectivity index (χ0n) is 13.1. The molecule has 0 radical (unpaired) electrons. The number of ether oxygens (including phenoxy) is 1. The molecule has 0 fully saturated rings. The number of imide groups is 1. The van der Waals surface area contributed by atoms with E-state index in [0.717, 1.165) is 0 Å². The molecular formula is C16H17NO6. The Labute approximate surface area is 133 Å². The maximum Gasteiger partial charge on any atom is 0.333 e. The lowest BCUT2D eigenvalue weighted by atomic mass is 9.86. The maximum absolute atomic E-state index is 12.1. The Kier molecular flexibility index (Phi) is 4.49. The van der Waals surface area contributed by atoms with Gasteiger partial charge < -0.3 is 9.57 Å². The average Bonchev–Trinajstić information content (AvgIpc) is 2.71. The van der Waals surface area contributed by atoms with Crippen molar-refractivity contribution in [2.75, 3.05) is 7.11 Å². The number of fused-ring (bicyclic) bond motifs is 1. The van der Waals surface area contributed by atoms with E-state index in [9.17, 15) is 19.2 Å². The van der Waals surface area contributed by atoms with Crippen molar-refractivity contribution in [2.45, 2.75) is 26.7 Å². The quantitative estimate of drug-likeness (QED) is 0.606. The van der Waals surface area contributed by atoms with E-state index < -0.39 is 29.2 Å². The van der Waals surface area contributed by atoms with Crippen LogP contribution in [0.15, 0.2) is 24.3 Å². The molecule has 0 saturated heterocycles. The van der Waals surface area contributed by atoms with Crippen LogP contribution >= 0.6 is 0 Å². The number of methoxy groups -OCH3 is 1. The molecule has 0 aromatic heterocycles. The van der Waals surface area contributed by atoms with Gasteiger partial charge in [-0.05, 0) is 17.5 Å². The summed E-state index contributed by atoms with van der Waals surface area (Å²) in [5.74, 6) is -2.58. The van der Waals surface area contributed by atoms with Crippen molar-refractivity contribution in [1.82, 2.24) is 5.06 Å². The minimum atomic E-state index is -0.770. The van der Waals surface area contributed by atoms with E-state index in [1.807, 2.05) is 0 Å². The summed E-state index contributed by atoms with van der Waals surface area (Å²) in [5, 5.41) is 0.460. The van der Waals surface area contributed by atoms with Crippen LogP contribution in [0.5, 0.6) is 0 Å². The van der Waals surface area contributed by atoms with Gasteiger partial charge in [-0.2, -0.15) is 0 Å². The van der Waals surface area contributed by atoms with E-state index in [1.165, 1.54) is 19.2 Å². The number of carbonyl (C=O) groups is 4. The van der Waals surface area contributed by atoms with Gasteiger partial charge in [0.2, 0.25) is 0 Å². The van der Waals surface area contributed by atoms with Crippen LogP contribution in [0, 0.1) is 5.41 Å². The smallest absolute Gasteiger partial charge is 0.333 e. The van der Waals surface area contributed by atoms with E-state index in [0.29, 0.717) is 5.06 Å². The number of benzene rings is 1. The Balaban J connectivity index is 2.03. The molecule has 0 unspecified atom stereocenters. The molecule has 0 aliphatic carbocycles. The lowest BCUT2D eigenvalue weighted by Crippen LogP contribution is -2.34. The largest absolute Gasteiger partial charge is 0.469 e. The Hall–Kier alpha value is -2.70. The minimum Gasteiger partial charge on any atom is -0.469 e. The number of hydrogen-bond acceptors (Lipinski definition) is 6. The number of amides is 2. The third-order valence-electron chi connectivity index (χ3n) is 3.42. The molecule has 7 heteroatoms. The van der Waals surface area contributed by atoms with Crippen molar-refractivity contribution in [2.24, 2.45) is 5.41 Å². The highest BCUT2D eigenvalue weighted by Gasteiger charge is 2.39. The Morgan fingerprint density at radius 2 is 1.48 bits per heavy atom. The van der Waals surface area contributed by atoms with E-state index >= 15 is 0 Å². The summed E-state index contributed by atoms with van der Waals surface area (Å²) in [6, 6.07) is 6.22. The first-order valence-corrected chi connectivity index (χ1v) is 7.00. The predicted molar refractivity (Wildman–Crippen MR) is 78.1 cm³/mol. The fraction of sp³-hybridized carbons (Fsp3) is 0.375. The molecule has 122 valence electrons. The van der Waals surface area contributed by atoms with Gasteiger partial charge in [0.05, 0.1) is 31.1 Å². The van der Waals surface area contributed by atoms with Gasteiger partial charge in [0, 0.05) is 0 Å². The second kappa shape index (κ2) is 6.20. The Morgan fingerprint density at radius 3 is 1.96 bits per heavy atom. The molecule has 1 heterocycles. The lowest BCUT2D eigenvalue weighted by Gasteiger charge is -2.22. The summed E-state index contributed by atoms with van der Waals surface area (Å²) in [6.07, 6.45) is -0.129. The maximum atomic E-state index is 12.1. The molecule has 1 aliphatic heterocycles. The molecule has 1 aromatic rings. The van der Waals surface area contributed by atoms with Crippen LogP contribution in [-0.2, 0) is 19.2 Å². The second-order valence-corrected chi connectivity index (χ2v) is 6.01. The summed E-state index contributed by atoms with van der Waals surface area (Å²) in [4.78, 5) is 52.4. The zero-order valence-corrected chi connectivity index (χ0v) is 13.1. The molecule has 2 rings (SSSR count). The number of hydrogen-bond donors (Lipinski definition) is 0. The van der Waals surface area contributed by atoms with Crippen molar-refractivity contribution < 1.29 is 28.8 Å². The first kappa shape index (κ1) is 16.7. The first-order chi connectivity index (χ1) is 10.7. The summed E-state index contributed by atoms with van der Waals surface area (Å²) in [6.45, 7) is 3.38. The van der Waals surface area contributed by atoms with Crippen LogP contribution < -0.4 is 0 Å². The lowest BCUT2D eigenvalue weighted by molar-refractivity contribution is -0.171. The van der Waals surface area contributed by atoms with Crippen molar-refractivity contribution in [1.29, 1.82) is 0 Å². The first-order valence-electron chi connectivity index (χ1n) is 7.00. The van der Waals surface area contributed by atoms with Crippen molar-refractivity contribution in [3.63, 3.8) is 0 Å². The molecule has 1 aromatic carbocycles. The van der Waals surface area contributed by atoms with Crippen LogP contribution in [0.3, 0.4) is 0 Å². The van der Waals surface area contributed by atoms with Crippen molar-refractivity contribution in [3.05, 3.63) is 35.4 Å². The number of rotatable bonds is 5. The molecule has 0 saturated carbocycles. The van der Waals surface area contributed by atoms with Gasteiger partial charge in [-0.3, -0.25) is 14.4 Å². The molecule has 23 heavy (non-hydrogen) atoms. The average molecular weight is 319 g/mol. The van der Waals surface area contributed by atoms with E-state index in [1.54, 1.807) is 26.0 Å².